The normalized spacial score (nSPS) is 13.1. The molecule has 32 heavy (non-hydrogen) atoms. The summed E-state index contributed by atoms with van der Waals surface area (Å²) in [6.45, 7) is 4.40. The van der Waals surface area contributed by atoms with E-state index in [1.807, 2.05) is 30.5 Å². The molecule has 0 fully saturated rings. The summed E-state index contributed by atoms with van der Waals surface area (Å²) in [5, 5.41) is 34.4. The molecule has 0 saturated carbocycles. The summed E-state index contributed by atoms with van der Waals surface area (Å²) in [6, 6.07) is 10.1. The van der Waals surface area contributed by atoms with E-state index in [1.165, 1.54) is 0 Å². The maximum atomic E-state index is 9.68. The Morgan fingerprint density at radius 1 is 1.19 bits per heavy atom. The van der Waals surface area contributed by atoms with Gasteiger partial charge in [0.25, 0.3) is 0 Å². The Morgan fingerprint density at radius 3 is 2.72 bits per heavy atom. The number of rotatable bonds is 9. The van der Waals surface area contributed by atoms with E-state index in [0.29, 0.717) is 36.5 Å². The van der Waals surface area contributed by atoms with Gasteiger partial charge in [0.15, 0.2) is 11.2 Å². The van der Waals surface area contributed by atoms with E-state index in [9.17, 15) is 5.11 Å². The van der Waals surface area contributed by atoms with Gasteiger partial charge in [-0.05, 0) is 37.5 Å². The Balaban J connectivity index is 1.56. The lowest BCUT2D eigenvalue weighted by molar-refractivity contribution is 0.176. The van der Waals surface area contributed by atoms with Gasteiger partial charge < -0.3 is 10.4 Å². The van der Waals surface area contributed by atoms with Crippen LogP contribution in [0.25, 0.3) is 28.0 Å². The van der Waals surface area contributed by atoms with E-state index in [1.54, 1.807) is 28.7 Å². The molecule has 4 aromatic rings. The third kappa shape index (κ3) is 4.73. The van der Waals surface area contributed by atoms with E-state index in [-0.39, 0.29) is 6.04 Å². The number of hydrogen-bond donors (Lipinski definition) is 2. The Morgan fingerprint density at radius 2 is 2.00 bits per heavy atom. The molecule has 10 heteroatoms. The number of nitrogens with zero attached hydrogens (tertiary/aromatic N) is 8. The molecular formula is C22H25N9O. The maximum Gasteiger partial charge on any atom is 0.225 e. The molecule has 3 aromatic heterocycles. The Bertz CT molecular complexity index is 1220. The number of aliphatic hydroxyl groups is 1. The average Bonchev–Trinajstić information content (AvgIpc) is 3.44. The van der Waals surface area contributed by atoms with Crippen molar-refractivity contribution in [1.29, 1.82) is 5.26 Å². The van der Waals surface area contributed by atoms with Gasteiger partial charge in [0.1, 0.15) is 0 Å². The fourth-order valence-corrected chi connectivity index (χ4v) is 3.49. The fraction of sp³-hybridized carbons (Fsp3) is 0.364. The van der Waals surface area contributed by atoms with Gasteiger partial charge in [0.05, 0.1) is 43.2 Å². The summed E-state index contributed by atoms with van der Waals surface area (Å²) in [5.41, 5.74) is 4.03. The number of nitrogens with one attached hydrogen (secondary N) is 1. The van der Waals surface area contributed by atoms with Crippen molar-refractivity contribution in [3.05, 3.63) is 42.9 Å². The quantitative estimate of drug-likeness (QED) is 0.414. The molecule has 10 nitrogen and oxygen atoms in total. The monoisotopic (exact) mass is 431 g/mol. The number of anilines is 1. The van der Waals surface area contributed by atoms with Crippen LogP contribution in [0.2, 0.25) is 0 Å². The number of hydrogen-bond acceptors (Lipinski definition) is 8. The topological polar surface area (TPSA) is 130 Å². The van der Waals surface area contributed by atoms with E-state index in [4.69, 9.17) is 5.26 Å². The SMILES string of the molecule is CCC(CC(C)O)Nc1ncc2nnn(-c3ccc(-c4cnn(CCC#N)c4)cc3)c2n1. The average molecular weight is 432 g/mol. The summed E-state index contributed by atoms with van der Waals surface area (Å²) in [7, 11) is 0. The first-order valence-electron chi connectivity index (χ1n) is 10.6. The molecule has 0 aliphatic heterocycles. The Labute approximate surface area is 185 Å². The lowest BCUT2D eigenvalue weighted by Crippen LogP contribution is -2.24. The van der Waals surface area contributed by atoms with Gasteiger partial charge in [-0.2, -0.15) is 20.0 Å². The van der Waals surface area contributed by atoms with Crippen LogP contribution in [0.3, 0.4) is 0 Å². The summed E-state index contributed by atoms with van der Waals surface area (Å²) < 4.78 is 3.45. The van der Waals surface area contributed by atoms with Gasteiger partial charge in [-0.15, -0.1) is 5.10 Å². The van der Waals surface area contributed by atoms with E-state index < -0.39 is 6.10 Å². The van der Waals surface area contributed by atoms with Crippen LogP contribution in [0.4, 0.5) is 5.95 Å². The second-order valence-electron chi connectivity index (χ2n) is 7.69. The van der Waals surface area contributed by atoms with Crippen LogP contribution in [0.5, 0.6) is 0 Å². The predicted octanol–water partition coefficient (Wildman–Crippen LogP) is 2.95. The zero-order valence-corrected chi connectivity index (χ0v) is 18.0. The zero-order chi connectivity index (χ0) is 22.5. The highest BCUT2D eigenvalue weighted by molar-refractivity contribution is 5.72. The number of benzene rings is 1. The molecule has 2 unspecified atom stereocenters. The zero-order valence-electron chi connectivity index (χ0n) is 18.0. The van der Waals surface area contributed by atoms with E-state index in [2.05, 4.69) is 43.7 Å². The standard InChI is InChI=1S/C22H25N9O/c1-3-18(11-15(2)32)26-22-24-13-20-21(27-22)31(29-28-20)19-7-5-16(6-8-19)17-12-25-30(14-17)10-4-9-23/h5-8,12-15,18,32H,3-4,10-11H2,1-2H3,(H,24,26,27). The summed E-state index contributed by atoms with van der Waals surface area (Å²) in [4.78, 5) is 8.95. The van der Waals surface area contributed by atoms with Crippen LogP contribution >= 0.6 is 0 Å². The molecule has 0 bridgehead atoms. The third-order valence-electron chi connectivity index (χ3n) is 5.18. The molecule has 2 N–H and O–H groups in total. The van der Waals surface area contributed by atoms with Crippen LogP contribution in [0.15, 0.2) is 42.9 Å². The minimum atomic E-state index is -0.402. The largest absolute Gasteiger partial charge is 0.393 e. The molecule has 164 valence electrons. The first kappa shape index (κ1) is 21.4. The first-order valence-corrected chi connectivity index (χ1v) is 10.6. The van der Waals surface area contributed by atoms with Crippen molar-refractivity contribution in [2.75, 3.05) is 5.32 Å². The highest BCUT2D eigenvalue weighted by atomic mass is 16.3. The number of aliphatic hydroxyl groups excluding tert-OH is 1. The molecule has 3 heterocycles. The molecule has 0 aliphatic rings. The lowest BCUT2D eigenvalue weighted by Gasteiger charge is -2.18. The van der Waals surface area contributed by atoms with Crippen molar-refractivity contribution in [3.63, 3.8) is 0 Å². The van der Waals surface area contributed by atoms with E-state index in [0.717, 1.165) is 23.2 Å². The van der Waals surface area contributed by atoms with Crippen molar-refractivity contribution in [3.8, 4) is 22.9 Å². The van der Waals surface area contributed by atoms with Crippen LogP contribution < -0.4 is 5.32 Å². The molecule has 0 saturated heterocycles. The van der Waals surface area contributed by atoms with Crippen molar-refractivity contribution < 1.29 is 5.11 Å². The van der Waals surface area contributed by atoms with Crippen molar-refractivity contribution in [2.45, 2.75) is 51.8 Å². The number of fused-ring (bicyclic) bond motifs is 1. The van der Waals surface area contributed by atoms with Crippen LogP contribution in [0.1, 0.15) is 33.1 Å². The molecule has 4 rings (SSSR count). The van der Waals surface area contributed by atoms with Gasteiger partial charge in [0, 0.05) is 17.8 Å². The minimum Gasteiger partial charge on any atom is -0.393 e. The van der Waals surface area contributed by atoms with E-state index >= 15 is 0 Å². The molecule has 2 atom stereocenters. The van der Waals surface area contributed by atoms with Gasteiger partial charge in [0.2, 0.25) is 5.95 Å². The van der Waals surface area contributed by atoms with Gasteiger partial charge >= 0.3 is 0 Å². The fourth-order valence-electron chi connectivity index (χ4n) is 3.49. The number of aromatic nitrogens is 7. The molecule has 0 amide bonds. The van der Waals surface area contributed by atoms with Crippen molar-refractivity contribution >= 4 is 17.1 Å². The van der Waals surface area contributed by atoms with Gasteiger partial charge in [-0.1, -0.05) is 24.3 Å². The highest BCUT2D eigenvalue weighted by Gasteiger charge is 2.14. The van der Waals surface area contributed by atoms with Crippen molar-refractivity contribution in [2.24, 2.45) is 0 Å². The molecule has 1 aromatic carbocycles. The Kier molecular flexibility index (Phi) is 6.37. The second-order valence-corrected chi connectivity index (χ2v) is 7.69. The smallest absolute Gasteiger partial charge is 0.225 e. The molecule has 0 spiro atoms. The number of nitriles is 1. The van der Waals surface area contributed by atoms with Crippen LogP contribution in [0, 0.1) is 11.3 Å². The highest BCUT2D eigenvalue weighted by Crippen LogP contribution is 2.22. The molecule has 0 aliphatic carbocycles. The summed E-state index contributed by atoms with van der Waals surface area (Å²) in [6.07, 6.45) is 6.85. The number of aryl methyl sites for hydroxylation is 1. The molecule has 0 radical (unpaired) electrons. The van der Waals surface area contributed by atoms with Crippen molar-refractivity contribution in [1.82, 2.24) is 34.7 Å². The summed E-state index contributed by atoms with van der Waals surface area (Å²) in [5.74, 6) is 0.481. The first-order chi connectivity index (χ1) is 15.6. The Hall–Kier alpha value is -3.84. The predicted molar refractivity (Wildman–Crippen MR) is 120 cm³/mol. The minimum absolute atomic E-state index is 0.0742. The van der Waals surface area contributed by atoms with Crippen LogP contribution in [-0.4, -0.2) is 52.0 Å². The molecular weight excluding hydrogens is 406 g/mol. The van der Waals surface area contributed by atoms with Gasteiger partial charge in [-0.3, -0.25) is 4.68 Å². The maximum absolute atomic E-state index is 9.68. The second kappa shape index (κ2) is 9.53. The van der Waals surface area contributed by atoms with Crippen LogP contribution in [-0.2, 0) is 6.54 Å². The lowest BCUT2D eigenvalue weighted by atomic mass is 10.1. The summed E-state index contributed by atoms with van der Waals surface area (Å²) >= 11 is 0. The third-order valence-corrected chi connectivity index (χ3v) is 5.18. The van der Waals surface area contributed by atoms with Gasteiger partial charge in [-0.25, -0.2) is 4.98 Å².